The maximum atomic E-state index is 12.0. The highest BCUT2D eigenvalue weighted by Gasteiger charge is 2.12. The molecule has 0 radical (unpaired) electrons. The summed E-state index contributed by atoms with van der Waals surface area (Å²) in [5.41, 5.74) is 4.73. The van der Waals surface area contributed by atoms with Crippen LogP contribution >= 0.6 is 27.7 Å². The highest BCUT2D eigenvalue weighted by atomic mass is 79.9. The maximum Gasteiger partial charge on any atom is 0.252 e. The van der Waals surface area contributed by atoms with Gasteiger partial charge in [0.15, 0.2) is 0 Å². The van der Waals surface area contributed by atoms with E-state index < -0.39 is 0 Å². The molecule has 0 bridgehead atoms. The molecule has 0 heterocycles. The van der Waals surface area contributed by atoms with Gasteiger partial charge in [0.1, 0.15) is 0 Å². The summed E-state index contributed by atoms with van der Waals surface area (Å²) in [4.78, 5) is 12.0. The molecule has 3 nitrogen and oxygen atoms in total. The van der Waals surface area contributed by atoms with Gasteiger partial charge in [0.2, 0.25) is 0 Å². The zero-order valence-electron chi connectivity index (χ0n) is 12.2. The molecule has 0 saturated heterocycles. The van der Waals surface area contributed by atoms with Crippen molar-refractivity contribution in [2.75, 3.05) is 0 Å². The summed E-state index contributed by atoms with van der Waals surface area (Å²) in [5, 5.41) is 3.84. The molecule has 1 atom stereocenters. The van der Waals surface area contributed by atoms with Crippen LogP contribution in [0.2, 0.25) is 0 Å². The highest BCUT2D eigenvalue weighted by molar-refractivity contribution is 9.10. The molecule has 0 fully saturated rings. The van der Waals surface area contributed by atoms with Crippen LogP contribution in [0.25, 0.3) is 0 Å². The second-order valence-corrected chi connectivity index (χ2v) is 6.97. The molecular weight excluding hydrogens is 360 g/mol. The lowest BCUT2D eigenvalue weighted by molar-refractivity contribution is -0.120. The van der Waals surface area contributed by atoms with Gasteiger partial charge in [-0.25, -0.2) is 5.43 Å². The molecule has 5 heteroatoms. The molecule has 0 saturated carbocycles. The average molecular weight is 377 g/mol. The van der Waals surface area contributed by atoms with Crippen LogP contribution in [0.5, 0.6) is 0 Å². The van der Waals surface area contributed by atoms with E-state index in [9.17, 15) is 4.79 Å². The average Bonchev–Trinajstić information content (AvgIpc) is 2.55. The lowest BCUT2D eigenvalue weighted by Crippen LogP contribution is -2.26. The molecule has 1 amide bonds. The van der Waals surface area contributed by atoms with Gasteiger partial charge in [0.05, 0.1) is 11.5 Å². The van der Waals surface area contributed by atoms with Crippen LogP contribution in [-0.2, 0) is 10.5 Å². The van der Waals surface area contributed by atoms with Gasteiger partial charge in [-0.3, -0.25) is 4.79 Å². The fraction of sp³-hybridized carbons (Fsp3) is 0.176. The van der Waals surface area contributed by atoms with Crippen molar-refractivity contribution in [1.29, 1.82) is 0 Å². The first-order valence-corrected chi connectivity index (χ1v) is 8.73. The maximum absolute atomic E-state index is 12.0. The van der Waals surface area contributed by atoms with Crippen molar-refractivity contribution in [3.63, 3.8) is 0 Å². The molecule has 0 aliphatic carbocycles. The molecule has 0 aromatic heterocycles. The number of rotatable bonds is 6. The monoisotopic (exact) mass is 376 g/mol. The van der Waals surface area contributed by atoms with Crippen molar-refractivity contribution in [2.45, 2.75) is 17.9 Å². The summed E-state index contributed by atoms with van der Waals surface area (Å²) in [6, 6.07) is 17.8. The van der Waals surface area contributed by atoms with E-state index in [2.05, 4.69) is 38.6 Å². The van der Waals surface area contributed by atoms with Crippen LogP contribution in [0, 0.1) is 0 Å². The number of hydrogen-bond acceptors (Lipinski definition) is 3. The summed E-state index contributed by atoms with van der Waals surface area (Å²) in [7, 11) is 0. The third-order valence-electron chi connectivity index (χ3n) is 2.97. The molecule has 2 rings (SSSR count). The highest BCUT2D eigenvalue weighted by Crippen LogP contribution is 2.17. The fourth-order valence-corrected chi connectivity index (χ4v) is 2.78. The molecule has 2 aromatic carbocycles. The van der Waals surface area contributed by atoms with Crippen molar-refractivity contribution >= 4 is 39.8 Å². The van der Waals surface area contributed by atoms with Crippen LogP contribution in [0.4, 0.5) is 0 Å². The molecule has 0 aliphatic heterocycles. The Morgan fingerprint density at radius 1 is 1.23 bits per heavy atom. The third-order valence-corrected chi connectivity index (χ3v) is 4.71. The number of carbonyl (C=O) groups excluding carboxylic acids is 1. The van der Waals surface area contributed by atoms with E-state index in [-0.39, 0.29) is 11.2 Å². The lowest BCUT2D eigenvalue weighted by atomic mass is 10.2. The van der Waals surface area contributed by atoms with E-state index in [4.69, 9.17) is 0 Å². The molecule has 2 aromatic rings. The molecule has 114 valence electrons. The first kappa shape index (κ1) is 16.8. The number of hydrogen-bond donors (Lipinski definition) is 1. The van der Waals surface area contributed by atoms with Crippen molar-refractivity contribution < 1.29 is 4.79 Å². The van der Waals surface area contributed by atoms with E-state index in [1.165, 1.54) is 5.56 Å². The predicted octanol–water partition coefficient (Wildman–Crippen LogP) is 4.22. The number of nitrogens with one attached hydrogen (secondary N) is 1. The standard InChI is InChI=1S/C17H17BrN2OS/c1-13(22-12-15-5-3-2-4-6-15)17(21)20-19-11-14-7-9-16(18)10-8-14/h2-11,13H,12H2,1H3,(H,20,21)/b19-11-/t13-/m0/s1. The number of benzene rings is 2. The van der Waals surface area contributed by atoms with Gasteiger partial charge in [-0.2, -0.15) is 5.10 Å². The molecule has 0 unspecified atom stereocenters. The molecular formula is C17H17BrN2OS. The largest absolute Gasteiger partial charge is 0.272 e. The lowest BCUT2D eigenvalue weighted by Gasteiger charge is -2.09. The summed E-state index contributed by atoms with van der Waals surface area (Å²) in [5.74, 6) is 0.723. The summed E-state index contributed by atoms with van der Waals surface area (Å²) < 4.78 is 1.01. The number of thioether (sulfide) groups is 1. The summed E-state index contributed by atoms with van der Waals surface area (Å²) in [6.45, 7) is 1.89. The zero-order chi connectivity index (χ0) is 15.8. The second kappa shape index (κ2) is 8.76. The smallest absolute Gasteiger partial charge is 0.252 e. The van der Waals surface area contributed by atoms with Crippen LogP contribution in [-0.4, -0.2) is 17.4 Å². The zero-order valence-corrected chi connectivity index (χ0v) is 14.6. The van der Waals surface area contributed by atoms with Gasteiger partial charge in [-0.05, 0) is 30.2 Å². The first-order chi connectivity index (χ1) is 10.6. The number of amides is 1. The number of hydrazone groups is 1. The van der Waals surface area contributed by atoms with Crippen LogP contribution in [0.3, 0.4) is 0 Å². The van der Waals surface area contributed by atoms with E-state index in [0.717, 1.165) is 15.8 Å². The Balaban J connectivity index is 1.77. The number of nitrogens with zero attached hydrogens (tertiary/aromatic N) is 1. The topological polar surface area (TPSA) is 41.5 Å². The Morgan fingerprint density at radius 2 is 1.91 bits per heavy atom. The first-order valence-electron chi connectivity index (χ1n) is 6.89. The molecule has 0 aliphatic rings. The number of carbonyl (C=O) groups is 1. The fourth-order valence-electron chi connectivity index (χ4n) is 1.68. The van der Waals surface area contributed by atoms with Crippen LogP contribution in [0.1, 0.15) is 18.1 Å². The van der Waals surface area contributed by atoms with Gasteiger partial charge < -0.3 is 0 Å². The SMILES string of the molecule is C[C@H](SCc1ccccc1)C(=O)N/N=C\c1ccc(Br)cc1. The van der Waals surface area contributed by atoms with Crippen molar-refractivity contribution in [1.82, 2.24) is 5.43 Å². The van der Waals surface area contributed by atoms with E-state index in [1.807, 2.05) is 49.4 Å². The van der Waals surface area contributed by atoms with E-state index >= 15 is 0 Å². The Labute approximate surface area is 143 Å². The normalized spacial score (nSPS) is 12.3. The minimum atomic E-state index is -0.151. The second-order valence-electron chi connectivity index (χ2n) is 4.72. The predicted molar refractivity (Wildman–Crippen MR) is 97.1 cm³/mol. The van der Waals surface area contributed by atoms with Gasteiger partial charge in [0.25, 0.3) is 5.91 Å². The quantitative estimate of drug-likeness (QED) is 0.605. The summed E-state index contributed by atoms with van der Waals surface area (Å²) in [6.07, 6.45) is 1.64. The van der Waals surface area contributed by atoms with Crippen LogP contribution in [0.15, 0.2) is 64.2 Å². The Kier molecular flexibility index (Phi) is 6.68. The minimum Gasteiger partial charge on any atom is -0.272 e. The summed E-state index contributed by atoms with van der Waals surface area (Å²) >= 11 is 4.97. The van der Waals surface area contributed by atoms with Crippen LogP contribution < -0.4 is 5.43 Å². The Hall–Kier alpha value is -1.59. The third kappa shape index (κ3) is 5.66. The molecule has 0 spiro atoms. The minimum absolute atomic E-state index is 0.0886. The van der Waals surface area contributed by atoms with E-state index in [1.54, 1.807) is 18.0 Å². The Morgan fingerprint density at radius 3 is 2.59 bits per heavy atom. The molecule has 22 heavy (non-hydrogen) atoms. The van der Waals surface area contributed by atoms with Gasteiger partial charge in [0, 0.05) is 10.2 Å². The van der Waals surface area contributed by atoms with Gasteiger partial charge in [-0.1, -0.05) is 58.4 Å². The van der Waals surface area contributed by atoms with Crippen molar-refractivity contribution in [3.05, 3.63) is 70.2 Å². The molecule has 1 N–H and O–H groups in total. The number of halogens is 1. The Bertz CT molecular complexity index is 629. The van der Waals surface area contributed by atoms with Gasteiger partial charge in [-0.15, -0.1) is 11.8 Å². The van der Waals surface area contributed by atoms with Crippen molar-refractivity contribution in [3.8, 4) is 0 Å². The van der Waals surface area contributed by atoms with Gasteiger partial charge >= 0.3 is 0 Å². The van der Waals surface area contributed by atoms with Crippen molar-refractivity contribution in [2.24, 2.45) is 5.10 Å². The van der Waals surface area contributed by atoms with E-state index in [0.29, 0.717) is 0 Å².